The lowest BCUT2D eigenvalue weighted by Crippen LogP contribution is -2.24. The predicted molar refractivity (Wildman–Crippen MR) is 86.7 cm³/mol. The van der Waals surface area contributed by atoms with E-state index in [9.17, 15) is 4.79 Å². The van der Waals surface area contributed by atoms with E-state index in [0.29, 0.717) is 5.92 Å². The Hall–Kier alpha value is -1.29. The lowest BCUT2D eigenvalue weighted by Gasteiger charge is -2.11. The van der Waals surface area contributed by atoms with Crippen molar-refractivity contribution in [2.45, 2.75) is 39.5 Å². The lowest BCUT2D eigenvalue weighted by molar-refractivity contribution is 0.255. The SMILES string of the molecule is C/C(=C\NC(=O)Nc1ccc(C)cc1Br)C1CCCC1. The van der Waals surface area contributed by atoms with Crippen LogP contribution in [0.5, 0.6) is 0 Å². The van der Waals surface area contributed by atoms with Crippen LogP contribution in [0.3, 0.4) is 0 Å². The second-order valence-electron chi connectivity index (χ2n) is 5.45. The summed E-state index contributed by atoms with van der Waals surface area (Å²) in [6, 6.07) is 5.65. The molecule has 0 radical (unpaired) electrons. The zero-order chi connectivity index (χ0) is 14.5. The van der Waals surface area contributed by atoms with Gasteiger partial charge in [-0.05, 0) is 66.2 Å². The van der Waals surface area contributed by atoms with Gasteiger partial charge in [0.05, 0.1) is 5.69 Å². The predicted octanol–water partition coefficient (Wildman–Crippen LogP) is 4.97. The quantitative estimate of drug-likeness (QED) is 0.803. The molecule has 0 saturated heterocycles. The molecule has 1 aromatic rings. The van der Waals surface area contributed by atoms with Crippen molar-refractivity contribution in [2.24, 2.45) is 5.92 Å². The molecule has 0 aromatic heterocycles. The Bertz CT molecular complexity index is 519. The molecule has 2 rings (SSSR count). The number of hydrogen-bond acceptors (Lipinski definition) is 1. The molecule has 0 spiro atoms. The highest BCUT2D eigenvalue weighted by Crippen LogP contribution is 2.30. The largest absolute Gasteiger partial charge is 0.323 e. The van der Waals surface area contributed by atoms with Gasteiger partial charge in [0.25, 0.3) is 0 Å². The Morgan fingerprint density at radius 2 is 2.05 bits per heavy atom. The van der Waals surface area contributed by atoms with Gasteiger partial charge in [-0.15, -0.1) is 0 Å². The van der Waals surface area contributed by atoms with Gasteiger partial charge in [0, 0.05) is 10.7 Å². The van der Waals surface area contributed by atoms with E-state index < -0.39 is 0 Å². The Balaban J connectivity index is 1.90. The minimum absolute atomic E-state index is 0.202. The molecule has 0 bridgehead atoms. The minimum Gasteiger partial charge on any atom is -0.314 e. The summed E-state index contributed by atoms with van der Waals surface area (Å²) in [7, 11) is 0. The molecule has 2 N–H and O–H groups in total. The van der Waals surface area contributed by atoms with Gasteiger partial charge >= 0.3 is 6.03 Å². The second-order valence-corrected chi connectivity index (χ2v) is 6.31. The van der Waals surface area contributed by atoms with Crippen LogP contribution in [0.2, 0.25) is 0 Å². The van der Waals surface area contributed by atoms with Crippen LogP contribution in [0.25, 0.3) is 0 Å². The molecule has 3 nitrogen and oxygen atoms in total. The van der Waals surface area contributed by atoms with Crippen molar-refractivity contribution in [1.29, 1.82) is 0 Å². The Labute approximate surface area is 129 Å². The summed E-state index contributed by atoms with van der Waals surface area (Å²) in [6.45, 7) is 4.11. The van der Waals surface area contributed by atoms with Crippen molar-refractivity contribution < 1.29 is 4.79 Å². The molecule has 1 saturated carbocycles. The fourth-order valence-corrected chi connectivity index (χ4v) is 3.15. The maximum atomic E-state index is 11.9. The summed E-state index contributed by atoms with van der Waals surface area (Å²) in [5.41, 5.74) is 3.19. The van der Waals surface area contributed by atoms with Crippen molar-refractivity contribution in [2.75, 3.05) is 5.32 Å². The van der Waals surface area contributed by atoms with E-state index in [1.54, 1.807) is 0 Å². The lowest BCUT2D eigenvalue weighted by atomic mass is 10.0. The fraction of sp³-hybridized carbons (Fsp3) is 0.438. The number of aryl methyl sites for hydroxylation is 1. The molecule has 0 heterocycles. The van der Waals surface area contributed by atoms with Crippen LogP contribution in [0, 0.1) is 12.8 Å². The number of amides is 2. The van der Waals surface area contributed by atoms with Crippen LogP contribution in [0.4, 0.5) is 10.5 Å². The third-order valence-electron chi connectivity index (χ3n) is 3.80. The van der Waals surface area contributed by atoms with Gasteiger partial charge in [-0.1, -0.05) is 24.5 Å². The van der Waals surface area contributed by atoms with Crippen LogP contribution in [-0.4, -0.2) is 6.03 Å². The van der Waals surface area contributed by atoms with Crippen molar-refractivity contribution in [3.05, 3.63) is 40.0 Å². The number of halogens is 1. The highest BCUT2D eigenvalue weighted by Gasteiger charge is 2.16. The maximum Gasteiger partial charge on any atom is 0.323 e. The smallest absolute Gasteiger partial charge is 0.314 e. The van der Waals surface area contributed by atoms with Crippen molar-refractivity contribution in [3.8, 4) is 0 Å². The van der Waals surface area contributed by atoms with Crippen LogP contribution in [0.15, 0.2) is 34.4 Å². The van der Waals surface area contributed by atoms with Gasteiger partial charge in [0.2, 0.25) is 0 Å². The average Bonchev–Trinajstić information content (AvgIpc) is 2.93. The molecule has 0 unspecified atom stereocenters. The summed E-state index contributed by atoms with van der Waals surface area (Å²) in [5, 5.41) is 5.66. The van der Waals surface area contributed by atoms with Crippen molar-refractivity contribution in [1.82, 2.24) is 5.32 Å². The Kier molecular flexibility index (Phi) is 5.24. The number of carbonyl (C=O) groups excluding carboxylic acids is 1. The molecule has 1 aliphatic rings. The van der Waals surface area contributed by atoms with E-state index >= 15 is 0 Å². The third-order valence-corrected chi connectivity index (χ3v) is 4.46. The van der Waals surface area contributed by atoms with E-state index in [2.05, 4.69) is 33.5 Å². The highest BCUT2D eigenvalue weighted by molar-refractivity contribution is 9.10. The summed E-state index contributed by atoms with van der Waals surface area (Å²) >= 11 is 3.45. The van der Waals surface area contributed by atoms with Crippen molar-refractivity contribution in [3.63, 3.8) is 0 Å². The molecule has 108 valence electrons. The van der Waals surface area contributed by atoms with Gasteiger partial charge in [-0.2, -0.15) is 0 Å². The van der Waals surface area contributed by atoms with Crippen molar-refractivity contribution >= 4 is 27.6 Å². The second kappa shape index (κ2) is 6.93. The molecule has 2 amide bonds. The number of rotatable bonds is 3. The minimum atomic E-state index is -0.202. The molecular formula is C16H21BrN2O. The zero-order valence-corrected chi connectivity index (χ0v) is 13.6. The first kappa shape index (κ1) is 15.1. The van der Waals surface area contributed by atoms with Gasteiger partial charge < -0.3 is 10.6 Å². The van der Waals surface area contributed by atoms with Gasteiger partial charge in [0.15, 0.2) is 0 Å². The van der Waals surface area contributed by atoms with E-state index in [1.165, 1.54) is 31.3 Å². The van der Waals surface area contributed by atoms with E-state index in [1.807, 2.05) is 31.3 Å². The molecule has 1 aromatic carbocycles. The Morgan fingerprint density at radius 3 is 2.70 bits per heavy atom. The summed E-state index contributed by atoms with van der Waals surface area (Å²) < 4.78 is 0.893. The van der Waals surface area contributed by atoms with Gasteiger partial charge in [0.1, 0.15) is 0 Å². The summed E-state index contributed by atoms with van der Waals surface area (Å²) in [6.07, 6.45) is 6.94. The van der Waals surface area contributed by atoms with Crippen LogP contribution in [-0.2, 0) is 0 Å². The van der Waals surface area contributed by atoms with Crippen LogP contribution >= 0.6 is 15.9 Å². The number of allylic oxidation sites excluding steroid dienone is 1. The molecule has 1 aliphatic carbocycles. The van der Waals surface area contributed by atoms with Crippen LogP contribution in [0.1, 0.15) is 38.2 Å². The Morgan fingerprint density at radius 1 is 1.35 bits per heavy atom. The number of carbonyl (C=O) groups is 1. The van der Waals surface area contributed by atoms with Gasteiger partial charge in [-0.3, -0.25) is 0 Å². The first-order valence-corrected chi connectivity index (χ1v) is 7.86. The number of urea groups is 1. The standard InChI is InChI=1S/C16H21BrN2O/c1-11-7-8-15(14(17)9-11)19-16(20)18-10-12(2)13-5-3-4-6-13/h7-10,13H,3-6H2,1-2H3,(H2,18,19,20)/b12-10+. The summed E-state index contributed by atoms with van der Waals surface area (Å²) in [4.78, 5) is 11.9. The van der Waals surface area contributed by atoms with E-state index in [0.717, 1.165) is 15.7 Å². The molecule has 0 atom stereocenters. The molecule has 1 fully saturated rings. The monoisotopic (exact) mass is 336 g/mol. The first-order chi connectivity index (χ1) is 9.56. The average molecular weight is 337 g/mol. The molecule has 20 heavy (non-hydrogen) atoms. The third kappa shape index (κ3) is 4.10. The number of benzene rings is 1. The topological polar surface area (TPSA) is 41.1 Å². The summed E-state index contributed by atoms with van der Waals surface area (Å²) in [5.74, 6) is 0.640. The number of hydrogen-bond donors (Lipinski definition) is 2. The first-order valence-electron chi connectivity index (χ1n) is 7.06. The molecular weight excluding hydrogens is 316 g/mol. The van der Waals surface area contributed by atoms with Crippen LogP contribution < -0.4 is 10.6 Å². The van der Waals surface area contributed by atoms with E-state index in [-0.39, 0.29) is 6.03 Å². The molecule has 4 heteroatoms. The van der Waals surface area contributed by atoms with Gasteiger partial charge in [-0.25, -0.2) is 4.79 Å². The molecule has 0 aliphatic heterocycles. The normalized spacial score (nSPS) is 16.2. The number of anilines is 1. The van der Waals surface area contributed by atoms with E-state index in [4.69, 9.17) is 0 Å². The highest BCUT2D eigenvalue weighted by atomic mass is 79.9. The fourth-order valence-electron chi connectivity index (χ4n) is 2.56. The number of nitrogens with one attached hydrogen (secondary N) is 2. The zero-order valence-electron chi connectivity index (χ0n) is 12.0. The maximum absolute atomic E-state index is 11.9.